The van der Waals surface area contributed by atoms with Gasteiger partial charge in [0.2, 0.25) is 0 Å². The fourth-order valence-corrected chi connectivity index (χ4v) is 2.61. The van der Waals surface area contributed by atoms with Crippen molar-refractivity contribution in [2.45, 2.75) is 6.54 Å². The highest BCUT2D eigenvalue weighted by Crippen LogP contribution is 2.30. The monoisotopic (exact) mass is 346 g/mol. The van der Waals surface area contributed by atoms with E-state index in [0.717, 1.165) is 26.8 Å². The topological polar surface area (TPSA) is 24.9 Å². The lowest BCUT2D eigenvalue weighted by Gasteiger charge is -2.09. The number of rotatable bonds is 3. The average Bonchev–Trinajstić information content (AvgIpc) is 2.48. The molecule has 4 heteroatoms. The molecule has 0 atom stereocenters. The van der Waals surface area contributed by atoms with E-state index in [4.69, 9.17) is 11.6 Å². The Morgan fingerprint density at radius 2 is 1.85 bits per heavy atom. The van der Waals surface area contributed by atoms with Crippen molar-refractivity contribution in [2.75, 3.05) is 5.32 Å². The summed E-state index contributed by atoms with van der Waals surface area (Å²) in [4.78, 5) is 4.63. The standard InChI is InChI=1S/C16H12BrClN2/c17-16-13(18)5-3-7-15(16)19-10-12-9-8-11-4-1-2-6-14(11)20-12/h1-9,19H,10H2. The molecule has 0 radical (unpaired) electrons. The van der Waals surface area contributed by atoms with E-state index in [0.29, 0.717) is 11.6 Å². The zero-order chi connectivity index (χ0) is 13.9. The number of fused-ring (bicyclic) bond motifs is 1. The number of para-hydroxylation sites is 1. The van der Waals surface area contributed by atoms with Crippen LogP contribution in [0.25, 0.3) is 10.9 Å². The van der Waals surface area contributed by atoms with Crippen molar-refractivity contribution < 1.29 is 0 Å². The third kappa shape index (κ3) is 2.79. The van der Waals surface area contributed by atoms with E-state index >= 15 is 0 Å². The van der Waals surface area contributed by atoms with Crippen molar-refractivity contribution in [3.63, 3.8) is 0 Å². The predicted molar refractivity (Wildman–Crippen MR) is 88.2 cm³/mol. The van der Waals surface area contributed by atoms with Crippen LogP contribution in [-0.2, 0) is 6.54 Å². The van der Waals surface area contributed by atoms with Crippen LogP contribution in [0.2, 0.25) is 5.02 Å². The number of hydrogen-bond acceptors (Lipinski definition) is 2. The van der Waals surface area contributed by atoms with Crippen LogP contribution in [0, 0.1) is 0 Å². The SMILES string of the molecule is Clc1cccc(NCc2ccc3ccccc3n2)c1Br. The largest absolute Gasteiger partial charge is 0.378 e. The molecule has 2 aromatic carbocycles. The summed E-state index contributed by atoms with van der Waals surface area (Å²) in [5.74, 6) is 0. The fraction of sp³-hybridized carbons (Fsp3) is 0.0625. The molecule has 3 aromatic rings. The lowest BCUT2D eigenvalue weighted by Crippen LogP contribution is -2.02. The van der Waals surface area contributed by atoms with E-state index in [2.05, 4.69) is 38.4 Å². The second kappa shape index (κ2) is 5.81. The van der Waals surface area contributed by atoms with Crippen molar-refractivity contribution in [2.24, 2.45) is 0 Å². The maximum Gasteiger partial charge on any atom is 0.0706 e. The van der Waals surface area contributed by atoms with Crippen LogP contribution >= 0.6 is 27.5 Å². The van der Waals surface area contributed by atoms with E-state index in [-0.39, 0.29) is 0 Å². The van der Waals surface area contributed by atoms with Gasteiger partial charge in [0.1, 0.15) is 0 Å². The number of halogens is 2. The molecule has 2 nitrogen and oxygen atoms in total. The van der Waals surface area contributed by atoms with E-state index in [1.165, 1.54) is 0 Å². The van der Waals surface area contributed by atoms with Gasteiger partial charge in [-0.05, 0) is 40.2 Å². The first kappa shape index (κ1) is 13.4. The van der Waals surface area contributed by atoms with E-state index in [1.54, 1.807) is 0 Å². The Bertz CT molecular complexity index is 758. The van der Waals surface area contributed by atoms with E-state index in [1.807, 2.05) is 42.5 Å². The van der Waals surface area contributed by atoms with Gasteiger partial charge in [0, 0.05) is 5.39 Å². The molecule has 0 fully saturated rings. The number of aromatic nitrogens is 1. The van der Waals surface area contributed by atoms with Crippen molar-refractivity contribution in [1.82, 2.24) is 4.98 Å². The van der Waals surface area contributed by atoms with Crippen molar-refractivity contribution in [3.8, 4) is 0 Å². The van der Waals surface area contributed by atoms with Gasteiger partial charge in [0.05, 0.1) is 32.9 Å². The number of nitrogens with zero attached hydrogens (tertiary/aromatic N) is 1. The minimum atomic E-state index is 0.657. The number of benzene rings is 2. The normalized spacial score (nSPS) is 10.7. The van der Waals surface area contributed by atoms with Gasteiger partial charge in [0.15, 0.2) is 0 Å². The van der Waals surface area contributed by atoms with Crippen molar-refractivity contribution >= 4 is 44.1 Å². The predicted octanol–water partition coefficient (Wildman–Crippen LogP) is 5.26. The van der Waals surface area contributed by atoms with Crippen molar-refractivity contribution in [1.29, 1.82) is 0 Å². The number of anilines is 1. The van der Waals surface area contributed by atoms with Gasteiger partial charge >= 0.3 is 0 Å². The molecule has 100 valence electrons. The Hall–Kier alpha value is -1.58. The van der Waals surface area contributed by atoms with Crippen LogP contribution in [0.1, 0.15) is 5.69 Å². The molecule has 0 unspecified atom stereocenters. The van der Waals surface area contributed by atoms with Crippen LogP contribution in [0.5, 0.6) is 0 Å². The van der Waals surface area contributed by atoms with Gasteiger partial charge in [-0.25, -0.2) is 0 Å². The molecule has 20 heavy (non-hydrogen) atoms. The third-order valence-electron chi connectivity index (χ3n) is 3.07. The lowest BCUT2D eigenvalue weighted by molar-refractivity contribution is 1.07. The highest BCUT2D eigenvalue weighted by molar-refractivity contribution is 9.10. The fourth-order valence-electron chi connectivity index (χ4n) is 2.03. The van der Waals surface area contributed by atoms with Crippen LogP contribution in [0.3, 0.4) is 0 Å². The Morgan fingerprint density at radius 3 is 2.75 bits per heavy atom. The van der Waals surface area contributed by atoms with Crippen LogP contribution in [-0.4, -0.2) is 4.98 Å². The van der Waals surface area contributed by atoms with Crippen LogP contribution in [0.15, 0.2) is 59.1 Å². The molecular weight excluding hydrogens is 336 g/mol. The quantitative estimate of drug-likeness (QED) is 0.699. The molecule has 0 spiro atoms. The maximum absolute atomic E-state index is 6.07. The molecule has 0 aliphatic carbocycles. The summed E-state index contributed by atoms with van der Waals surface area (Å²) in [6, 6.07) is 18.0. The average molecular weight is 348 g/mol. The Balaban J connectivity index is 1.81. The van der Waals surface area contributed by atoms with Gasteiger partial charge in [-0.3, -0.25) is 4.98 Å². The van der Waals surface area contributed by atoms with E-state index in [9.17, 15) is 0 Å². The second-order valence-corrected chi connectivity index (χ2v) is 5.65. The Morgan fingerprint density at radius 1 is 1.00 bits per heavy atom. The molecule has 0 saturated heterocycles. The van der Waals surface area contributed by atoms with Gasteiger partial charge in [-0.2, -0.15) is 0 Å². The van der Waals surface area contributed by atoms with Crippen LogP contribution < -0.4 is 5.32 Å². The molecule has 1 aromatic heterocycles. The minimum Gasteiger partial charge on any atom is -0.378 e. The molecule has 1 heterocycles. The Kier molecular flexibility index (Phi) is 3.90. The zero-order valence-electron chi connectivity index (χ0n) is 10.6. The van der Waals surface area contributed by atoms with E-state index < -0.39 is 0 Å². The third-order valence-corrected chi connectivity index (χ3v) is 4.47. The summed E-state index contributed by atoms with van der Waals surface area (Å²) in [5.41, 5.74) is 2.97. The number of nitrogens with one attached hydrogen (secondary N) is 1. The molecule has 0 aliphatic heterocycles. The lowest BCUT2D eigenvalue weighted by atomic mass is 10.2. The molecule has 0 saturated carbocycles. The first-order valence-corrected chi connectivity index (χ1v) is 7.44. The van der Waals surface area contributed by atoms with Gasteiger partial charge in [-0.1, -0.05) is 41.9 Å². The van der Waals surface area contributed by atoms with Crippen LogP contribution in [0.4, 0.5) is 5.69 Å². The molecule has 0 aliphatic rings. The first-order chi connectivity index (χ1) is 9.74. The zero-order valence-corrected chi connectivity index (χ0v) is 12.9. The van der Waals surface area contributed by atoms with Gasteiger partial charge in [-0.15, -0.1) is 0 Å². The smallest absolute Gasteiger partial charge is 0.0706 e. The van der Waals surface area contributed by atoms with Crippen molar-refractivity contribution in [3.05, 3.63) is 69.8 Å². The number of pyridine rings is 1. The summed E-state index contributed by atoms with van der Waals surface area (Å²) in [6.45, 7) is 0.657. The first-order valence-electron chi connectivity index (χ1n) is 6.26. The molecule has 0 amide bonds. The summed E-state index contributed by atoms with van der Waals surface area (Å²) in [6.07, 6.45) is 0. The highest BCUT2D eigenvalue weighted by Gasteiger charge is 2.04. The highest BCUT2D eigenvalue weighted by atomic mass is 79.9. The summed E-state index contributed by atoms with van der Waals surface area (Å²) in [5, 5.41) is 5.19. The summed E-state index contributed by atoms with van der Waals surface area (Å²) < 4.78 is 0.877. The maximum atomic E-state index is 6.07. The molecule has 3 rings (SSSR count). The molecule has 1 N–H and O–H groups in total. The molecular formula is C16H12BrClN2. The molecule has 0 bridgehead atoms. The van der Waals surface area contributed by atoms with Gasteiger partial charge < -0.3 is 5.32 Å². The number of hydrogen-bond donors (Lipinski definition) is 1. The minimum absolute atomic E-state index is 0.657. The summed E-state index contributed by atoms with van der Waals surface area (Å²) in [7, 11) is 0. The Labute approximate surface area is 130 Å². The van der Waals surface area contributed by atoms with Gasteiger partial charge in [0.25, 0.3) is 0 Å². The summed E-state index contributed by atoms with van der Waals surface area (Å²) >= 11 is 9.55. The second-order valence-electron chi connectivity index (χ2n) is 4.45.